The quantitative estimate of drug-likeness (QED) is 0.143. The van der Waals surface area contributed by atoms with E-state index in [9.17, 15) is 0 Å². The number of nitrogens with zero attached hydrogens (tertiary/aromatic N) is 5. The molecule has 0 atom stereocenters. The van der Waals surface area contributed by atoms with Gasteiger partial charge in [-0.3, -0.25) is 0 Å². The van der Waals surface area contributed by atoms with E-state index in [4.69, 9.17) is 21.5 Å². The van der Waals surface area contributed by atoms with Crippen molar-refractivity contribution in [3.05, 3.63) is 235 Å². The molecule has 0 aliphatic heterocycles. The van der Waals surface area contributed by atoms with Crippen LogP contribution in [0.2, 0.25) is 0 Å². The van der Waals surface area contributed by atoms with Gasteiger partial charge < -0.3 is 4.57 Å². The number of hydrogen-bond acceptors (Lipinski definition) is 3. The predicted molar refractivity (Wildman–Crippen MR) is 277 cm³/mol. The summed E-state index contributed by atoms with van der Waals surface area (Å²) in [5.74, 6) is 1.77. The fourth-order valence-corrected chi connectivity index (χ4v) is 9.12. The van der Waals surface area contributed by atoms with Gasteiger partial charge in [0, 0.05) is 33.2 Å². The Hall–Kier alpha value is -8.72. The standard InChI is InChI=1S/C62H45N5/c1-62(2,3)50-33-35-56-54(39-50)55-40-51(63-4)34-36-57(55)67(56)58-52(45-29-25-43(26-30-45)41-17-9-5-10-18-41)37-49(38-53(58)46-31-27-44(28-32-46)42-19-11-6-12-20-42)61-65-59(47-21-13-7-14-22-47)64-60(66-61)48-23-15-8-16-24-48/h5-40H,1-3H3. The fourth-order valence-electron chi connectivity index (χ4n) is 9.12. The molecule has 0 spiro atoms. The molecule has 5 heteroatoms. The summed E-state index contributed by atoms with van der Waals surface area (Å²) in [4.78, 5) is 19.5. The molecule has 0 amide bonds. The van der Waals surface area contributed by atoms with Gasteiger partial charge in [0.05, 0.1) is 23.3 Å². The molecule has 0 saturated carbocycles. The van der Waals surface area contributed by atoms with E-state index in [2.05, 4.69) is 176 Å². The molecule has 0 aliphatic rings. The zero-order chi connectivity index (χ0) is 45.5. The Balaban J connectivity index is 1.25. The summed E-state index contributed by atoms with van der Waals surface area (Å²) in [6, 6.07) is 76.5. The molecule has 11 aromatic rings. The van der Waals surface area contributed by atoms with Gasteiger partial charge in [-0.2, -0.15) is 0 Å². The average Bonchev–Trinajstić information content (AvgIpc) is 3.71. The molecule has 0 fully saturated rings. The molecular formula is C62H45N5. The zero-order valence-corrected chi connectivity index (χ0v) is 37.5. The van der Waals surface area contributed by atoms with Crippen molar-refractivity contribution in [2.75, 3.05) is 0 Å². The van der Waals surface area contributed by atoms with Gasteiger partial charge in [0.15, 0.2) is 23.2 Å². The van der Waals surface area contributed by atoms with Crippen LogP contribution in [0.3, 0.4) is 0 Å². The number of fused-ring (bicyclic) bond motifs is 3. The van der Waals surface area contributed by atoms with Gasteiger partial charge in [-0.1, -0.05) is 203 Å². The van der Waals surface area contributed by atoms with Crippen molar-refractivity contribution in [3.8, 4) is 84.4 Å². The minimum absolute atomic E-state index is 0.0826. The summed E-state index contributed by atoms with van der Waals surface area (Å²) in [6.45, 7) is 14.8. The second-order valence-corrected chi connectivity index (χ2v) is 18.0. The number of aromatic nitrogens is 4. The average molecular weight is 860 g/mol. The van der Waals surface area contributed by atoms with Gasteiger partial charge in [-0.05, 0) is 86.1 Å². The van der Waals surface area contributed by atoms with Gasteiger partial charge in [-0.15, -0.1) is 0 Å². The van der Waals surface area contributed by atoms with E-state index in [1.807, 2.05) is 72.8 Å². The number of hydrogen-bond donors (Lipinski definition) is 0. The van der Waals surface area contributed by atoms with Crippen LogP contribution in [-0.2, 0) is 5.41 Å². The van der Waals surface area contributed by atoms with E-state index in [0.717, 1.165) is 88.7 Å². The van der Waals surface area contributed by atoms with E-state index in [1.54, 1.807) is 0 Å². The summed E-state index contributed by atoms with van der Waals surface area (Å²) in [5.41, 5.74) is 16.2. The molecule has 9 aromatic carbocycles. The van der Waals surface area contributed by atoms with E-state index >= 15 is 0 Å². The Morgan fingerprint density at radius 2 is 0.746 bits per heavy atom. The molecule has 2 heterocycles. The Bertz CT molecular complexity index is 3460. The topological polar surface area (TPSA) is 48.0 Å². The molecule has 11 rings (SSSR count). The molecule has 0 saturated heterocycles. The highest BCUT2D eigenvalue weighted by atomic mass is 15.0. The van der Waals surface area contributed by atoms with Crippen molar-refractivity contribution in [3.63, 3.8) is 0 Å². The Labute approximate surface area is 391 Å². The number of rotatable bonds is 8. The van der Waals surface area contributed by atoms with Crippen molar-refractivity contribution < 1.29 is 0 Å². The van der Waals surface area contributed by atoms with Crippen LogP contribution >= 0.6 is 0 Å². The molecule has 0 aliphatic carbocycles. The van der Waals surface area contributed by atoms with Gasteiger partial charge in [0.2, 0.25) is 0 Å². The molecule has 0 unspecified atom stereocenters. The lowest BCUT2D eigenvalue weighted by Crippen LogP contribution is -2.10. The minimum atomic E-state index is -0.0826. The van der Waals surface area contributed by atoms with Crippen LogP contribution in [0, 0.1) is 6.57 Å². The van der Waals surface area contributed by atoms with Gasteiger partial charge in [-0.25, -0.2) is 19.8 Å². The van der Waals surface area contributed by atoms with Crippen molar-refractivity contribution >= 4 is 27.5 Å². The largest absolute Gasteiger partial charge is 0.308 e. The van der Waals surface area contributed by atoms with Crippen molar-refractivity contribution in [2.24, 2.45) is 0 Å². The lowest BCUT2D eigenvalue weighted by molar-refractivity contribution is 0.591. The Morgan fingerprint density at radius 1 is 0.373 bits per heavy atom. The van der Waals surface area contributed by atoms with E-state index in [-0.39, 0.29) is 5.41 Å². The smallest absolute Gasteiger partial charge is 0.188 e. The Kier molecular flexibility index (Phi) is 10.4. The molecule has 5 nitrogen and oxygen atoms in total. The Morgan fingerprint density at radius 3 is 1.18 bits per heavy atom. The molecule has 2 aromatic heterocycles. The second kappa shape index (κ2) is 17.0. The van der Waals surface area contributed by atoms with Crippen LogP contribution in [0.15, 0.2) is 218 Å². The first-order valence-corrected chi connectivity index (χ1v) is 22.6. The predicted octanol–water partition coefficient (Wildman–Crippen LogP) is 16.5. The van der Waals surface area contributed by atoms with E-state index in [0.29, 0.717) is 23.2 Å². The summed E-state index contributed by atoms with van der Waals surface area (Å²) in [5, 5.41) is 2.14. The third-order valence-corrected chi connectivity index (χ3v) is 12.6. The van der Waals surface area contributed by atoms with Crippen molar-refractivity contribution in [2.45, 2.75) is 26.2 Å². The van der Waals surface area contributed by atoms with Gasteiger partial charge >= 0.3 is 0 Å². The maximum Gasteiger partial charge on any atom is 0.188 e. The van der Waals surface area contributed by atoms with Gasteiger partial charge in [0.1, 0.15) is 0 Å². The first-order chi connectivity index (χ1) is 32.8. The number of benzene rings is 9. The molecule has 0 bridgehead atoms. The SMILES string of the molecule is [C-]#[N+]c1ccc2c(c1)c1cc(C(C)(C)C)ccc1n2-c1c(-c2ccc(-c3ccccc3)cc2)cc(-c2nc(-c3ccccc3)nc(-c3ccccc3)n2)cc1-c1ccc(-c2ccccc2)cc1. The zero-order valence-electron chi connectivity index (χ0n) is 37.5. The lowest BCUT2D eigenvalue weighted by Gasteiger charge is -2.22. The normalized spacial score (nSPS) is 11.5. The van der Waals surface area contributed by atoms with E-state index in [1.165, 1.54) is 5.56 Å². The maximum atomic E-state index is 8.04. The van der Waals surface area contributed by atoms with Crippen LogP contribution in [0.4, 0.5) is 5.69 Å². The van der Waals surface area contributed by atoms with Crippen LogP contribution in [0.25, 0.3) is 111 Å². The summed E-state index contributed by atoms with van der Waals surface area (Å²) in [7, 11) is 0. The molecule has 67 heavy (non-hydrogen) atoms. The van der Waals surface area contributed by atoms with Crippen molar-refractivity contribution in [1.82, 2.24) is 19.5 Å². The fraction of sp³-hybridized carbons (Fsp3) is 0.0645. The summed E-state index contributed by atoms with van der Waals surface area (Å²) < 4.78 is 2.41. The lowest BCUT2D eigenvalue weighted by atomic mass is 9.86. The first kappa shape index (κ1) is 41.0. The molecule has 0 N–H and O–H groups in total. The third kappa shape index (κ3) is 7.85. The van der Waals surface area contributed by atoms with Crippen LogP contribution in [0.1, 0.15) is 26.3 Å². The summed E-state index contributed by atoms with van der Waals surface area (Å²) >= 11 is 0. The highest BCUT2D eigenvalue weighted by molar-refractivity contribution is 6.12. The molecule has 0 radical (unpaired) electrons. The maximum absolute atomic E-state index is 8.04. The summed E-state index contributed by atoms with van der Waals surface area (Å²) in [6.07, 6.45) is 0. The molecular weight excluding hydrogens is 815 g/mol. The molecule has 318 valence electrons. The first-order valence-electron chi connectivity index (χ1n) is 22.6. The van der Waals surface area contributed by atoms with Gasteiger partial charge in [0.25, 0.3) is 0 Å². The monoisotopic (exact) mass is 859 g/mol. The van der Waals surface area contributed by atoms with E-state index < -0.39 is 0 Å². The third-order valence-electron chi connectivity index (χ3n) is 12.6. The van der Waals surface area contributed by atoms with Crippen LogP contribution in [-0.4, -0.2) is 19.5 Å². The minimum Gasteiger partial charge on any atom is -0.308 e. The van der Waals surface area contributed by atoms with Crippen LogP contribution in [0.5, 0.6) is 0 Å². The second-order valence-electron chi connectivity index (χ2n) is 18.0. The highest BCUT2D eigenvalue weighted by Crippen LogP contribution is 2.45. The highest BCUT2D eigenvalue weighted by Gasteiger charge is 2.25. The van der Waals surface area contributed by atoms with Crippen molar-refractivity contribution in [1.29, 1.82) is 0 Å². The van der Waals surface area contributed by atoms with Crippen LogP contribution < -0.4 is 0 Å².